The van der Waals surface area contributed by atoms with Crippen LogP contribution in [0.1, 0.15) is 23.9 Å². The Hall–Kier alpha value is -1.77. The van der Waals surface area contributed by atoms with Gasteiger partial charge in [0.05, 0.1) is 12.3 Å². The van der Waals surface area contributed by atoms with Crippen LogP contribution in [0.3, 0.4) is 0 Å². The zero-order chi connectivity index (χ0) is 12.1. The Kier molecular flexibility index (Phi) is 3.81. The molecule has 0 saturated carbocycles. The summed E-state index contributed by atoms with van der Waals surface area (Å²) in [6, 6.07) is 10.4. The summed E-state index contributed by atoms with van der Waals surface area (Å²) >= 11 is 0. The molecular formula is C14H18N2O. The number of ether oxygens (including phenoxy) is 1. The number of rotatable bonds is 5. The van der Waals surface area contributed by atoms with Crippen LogP contribution in [0, 0.1) is 6.92 Å². The highest BCUT2D eigenvalue weighted by atomic mass is 16.5. The van der Waals surface area contributed by atoms with E-state index in [1.165, 1.54) is 5.56 Å². The Morgan fingerprint density at radius 2 is 1.94 bits per heavy atom. The lowest BCUT2D eigenvalue weighted by molar-refractivity contribution is 0.340. The highest BCUT2D eigenvalue weighted by Crippen LogP contribution is 2.13. The Bertz CT molecular complexity index is 459. The molecule has 3 heteroatoms. The normalized spacial score (nSPS) is 10.5. The average Bonchev–Trinajstić information content (AvgIpc) is 2.75. The van der Waals surface area contributed by atoms with Gasteiger partial charge in [-0.2, -0.15) is 5.10 Å². The van der Waals surface area contributed by atoms with Crippen LogP contribution in [0.15, 0.2) is 30.3 Å². The number of aromatic amines is 1. The lowest BCUT2D eigenvalue weighted by atomic mass is 10.1. The summed E-state index contributed by atoms with van der Waals surface area (Å²) in [5, 5.41) is 7.19. The van der Waals surface area contributed by atoms with E-state index in [9.17, 15) is 0 Å². The molecule has 3 nitrogen and oxygen atoms in total. The molecule has 2 rings (SSSR count). The molecule has 0 aliphatic carbocycles. The Labute approximate surface area is 102 Å². The third-order valence-electron chi connectivity index (χ3n) is 2.66. The maximum atomic E-state index is 5.41. The van der Waals surface area contributed by atoms with Crippen molar-refractivity contribution in [2.75, 3.05) is 6.61 Å². The van der Waals surface area contributed by atoms with Gasteiger partial charge in [0.2, 0.25) is 0 Å². The molecule has 1 N–H and O–H groups in total. The summed E-state index contributed by atoms with van der Waals surface area (Å²) in [5.41, 5.74) is 3.55. The van der Waals surface area contributed by atoms with E-state index in [2.05, 4.69) is 28.4 Å². The second kappa shape index (κ2) is 5.53. The molecule has 1 aromatic heterocycles. The molecule has 0 spiro atoms. The Morgan fingerprint density at radius 1 is 1.18 bits per heavy atom. The average molecular weight is 230 g/mol. The number of nitrogens with zero attached hydrogens (tertiary/aromatic N) is 1. The minimum atomic E-state index is 0.714. The number of nitrogens with one attached hydrogen (secondary N) is 1. The van der Waals surface area contributed by atoms with Crippen molar-refractivity contribution in [1.82, 2.24) is 10.2 Å². The van der Waals surface area contributed by atoms with Crippen LogP contribution in [-0.2, 0) is 12.8 Å². The molecule has 17 heavy (non-hydrogen) atoms. The van der Waals surface area contributed by atoms with Crippen molar-refractivity contribution in [2.24, 2.45) is 0 Å². The largest absolute Gasteiger partial charge is 0.494 e. The van der Waals surface area contributed by atoms with E-state index in [1.54, 1.807) is 0 Å². The van der Waals surface area contributed by atoms with E-state index >= 15 is 0 Å². The van der Waals surface area contributed by atoms with Gasteiger partial charge in [0.1, 0.15) is 5.75 Å². The van der Waals surface area contributed by atoms with Gasteiger partial charge in [-0.05, 0) is 50.5 Å². The molecule has 90 valence electrons. The van der Waals surface area contributed by atoms with Crippen LogP contribution < -0.4 is 4.74 Å². The predicted octanol–water partition coefficient (Wildman–Crippen LogP) is 2.90. The van der Waals surface area contributed by atoms with E-state index in [0.717, 1.165) is 30.0 Å². The van der Waals surface area contributed by atoms with Crippen molar-refractivity contribution in [1.29, 1.82) is 0 Å². The molecule has 0 radical (unpaired) electrons. The molecule has 0 aliphatic heterocycles. The fourth-order valence-electron chi connectivity index (χ4n) is 1.79. The fourth-order valence-corrected chi connectivity index (χ4v) is 1.79. The Morgan fingerprint density at radius 3 is 2.53 bits per heavy atom. The molecule has 1 aromatic carbocycles. The lowest BCUT2D eigenvalue weighted by Gasteiger charge is -2.04. The highest BCUT2D eigenvalue weighted by Gasteiger charge is 2.00. The van der Waals surface area contributed by atoms with Crippen LogP contribution in [0.25, 0.3) is 0 Å². The first kappa shape index (κ1) is 11.7. The topological polar surface area (TPSA) is 37.9 Å². The number of hydrogen-bond donors (Lipinski definition) is 1. The van der Waals surface area contributed by atoms with Crippen LogP contribution in [0.5, 0.6) is 5.75 Å². The van der Waals surface area contributed by atoms with E-state index in [4.69, 9.17) is 4.74 Å². The van der Waals surface area contributed by atoms with Crippen molar-refractivity contribution in [2.45, 2.75) is 26.7 Å². The molecule has 0 saturated heterocycles. The standard InChI is InChI=1S/C14H18N2O/c1-3-17-14-8-5-12(6-9-14)4-7-13-10-11(2)15-16-13/h5-6,8-10H,3-4,7H2,1-2H3,(H,15,16). The molecule has 0 bridgehead atoms. The minimum absolute atomic E-state index is 0.714. The number of H-pyrrole nitrogens is 1. The quantitative estimate of drug-likeness (QED) is 0.857. The zero-order valence-electron chi connectivity index (χ0n) is 10.4. The van der Waals surface area contributed by atoms with Gasteiger partial charge in [-0.15, -0.1) is 0 Å². The first-order valence-corrected chi connectivity index (χ1v) is 6.00. The minimum Gasteiger partial charge on any atom is -0.494 e. The Balaban J connectivity index is 1.90. The van der Waals surface area contributed by atoms with Gasteiger partial charge in [0, 0.05) is 5.69 Å². The monoisotopic (exact) mass is 230 g/mol. The summed E-state index contributed by atoms with van der Waals surface area (Å²) < 4.78 is 5.41. The molecule has 0 atom stereocenters. The maximum absolute atomic E-state index is 5.41. The van der Waals surface area contributed by atoms with Gasteiger partial charge in [0.25, 0.3) is 0 Å². The maximum Gasteiger partial charge on any atom is 0.119 e. The van der Waals surface area contributed by atoms with Gasteiger partial charge in [-0.3, -0.25) is 5.10 Å². The summed E-state index contributed by atoms with van der Waals surface area (Å²) in [5.74, 6) is 0.937. The summed E-state index contributed by atoms with van der Waals surface area (Å²) in [6.07, 6.45) is 1.98. The van der Waals surface area contributed by atoms with Gasteiger partial charge < -0.3 is 4.74 Å². The van der Waals surface area contributed by atoms with E-state index in [-0.39, 0.29) is 0 Å². The predicted molar refractivity (Wildman–Crippen MR) is 68.3 cm³/mol. The first-order valence-electron chi connectivity index (χ1n) is 6.00. The molecule has 2 aromatic rings. The second-order valence-corrected chi connectivity index (χ2v) is 4.12. The second-order valence-electron chi connectivity index (χ2n) is 4.12. The molecule has 0 amide bonds. The van der Waals surface area contributed by atoms with Crippen molar-refractivity contribution < 1.29 is 4.74 Å². The SMILES string of the molecule is CCOc1ccc(CCc2cc(C)[nH]n2)cc1. The van der Waals surface area contributed by atoms with Crippen LogP contribution in [0.2, 0.25) is 0 Å². The van der Waals surface area contributed by atoms with Gasteiger partial charge in [-0.1, -0.05) is 12.1 Å². The number of benzene rings is 1. The first-order chi connectivity index (χ1) is 8.28. The van der Waals surface area contributed by atoms with E-state index in [1.807, 2.05) is 26.0 Å². The van der Waals surface area contributed by atoms with Crippen LogP contribution in [-0.4, -0.2) is 16.8 Å². The van der Waals surface area contributed by atoms with Crippen molar-refractivity contribution in [3.63, 3.8) is 0 Å². The third-order valence-corrected chi connectivity index (χ3v) is 2.66. The number of aromatic nitrogens is 2. The van der Waals surface area contributed by atoms with Crippen molar-refractivity contribution in [3.8, 4) is 5.75 Å². The van der Waals surface area contributed by atoms with Gasteiger partial charge in [-0.25, -0.2) is 0 Å². The van der Waals surface area contributed by atoms with Crippen LogP contribution in [0.4, 0.5) is 0 Å². The summed E-state index contributed by atoms with van der Waals surface area (Å²) in [6.45, 7) is 4.73. The molecule has 0 unspecified atom stereocenters. The zero-order valence-corrected chi connectivity index (χ0v) is 10.4. The highest BCUT2D eigenvalue weighted by molar-refractivity contribution is 5.27. The lowest BCUT2D eigenvalue weighted by Crippen LogP contribution is -1.94. The van der Waals surface area contributed by atoms with Crippen molar-refractivity contribution >= 4 is 0 Å². The number of hydrogen-bond acceptors (Lipinski definition) is 2. The smallest absolute Gasteiger partial charge is 0.119 e. The van der Waals surface area contributed by atoms with Crippen molar-refractivity contribution in [3.05, 3.63) is 47.3 Å². The third kappa shape index (κ3) is 3.34. The molecular weight excluding hydrogens is 212 g/mol. The van der Waals surface area contributed by atoms with E-state index < -0.39 is 0 Å². The number of aryl methyl sites for hydroxylation is 3. The summed E-state index contributed by atoms with van der Waals surface area (Å²) in [7, 11) is 0. The molecule has 0 aliphatic rings. The molecule has 0 fully saturated rings. The van der Waals surface area contributed by atoms with Gasteiger partial charge in [0.15, 0.2) is 0 Å². The molecule has 1 heterocycles. The van der Waals surface area contributed by atoms with Crippen LogP contribution >= 0.6 is 0 Å². The fraction of sp³-hybridized carbons (Fsp3) is 0.357. The van der Waals surface area contributed by atoms with Gasteiger partial charge >= 0.3 is 0 Å². The van der Waals surface area contributed by atoms with E-state index in [0.29, 0.717) is 6.61 Å². The summed E-state index contributed by atoms with van der Waals surface area (Å²) in [4.78, 5) is 0.